The Labute approximate surface area is 170 Å². The molecule has 1 saturated carbocycles. The van der Waals surface area contributed by atoms with Crippen LogP contribution in [0.25, 0.3) is 0 Å². The summed E-state index contributed by atoms with van der Waals surface area (Å²) in [7, 11) is 1.64. The SMILES string of the molecule is COc1ccc([C@H]2c3ccccc3[C@]3(C#N)C=C[C@@]34CC(C#N)(C#N)C[C@H]24)cc1. The van der Waals surface area contributed by atoms with Gasteiger partial charge < -0.3 is 4.74 Å². The molecule has 4 nitrogen and oxygen atoms in total. The van der Waals surface area contributed by atoms with Gasteiger partial charge in [-0.2, -0.15) is 15.8 Å². The van der Waals surface area contributed by atoms with Crippen LogP contribution in [-0.4, -0.2) is 7.11 Å². The Morgan fingerprint density at radius 3 is 2.24 bits per heavy atom. The van der Waals surface area contributed by atoms with E-state index in [1.165, 1.54) is 0 Å². The van der Waals surface area contributed by atoms with Crippen molar-refractivity contribution in [2.24, 2.45) is 16.7 Å². The van der Waals surface area contributed by atoms with Crippen molar-refractivity contribution in [2.45, 2.75) is 24.2 Å². The monoisotopic (exact) mass is 377 g/mol. The molecule has 0 bridgehead atoms. The molecule has 0 heterocycles. The van der Waals surface area contributed by atoms with Gasteiger partial charge in [0.1, 0.15) is 16.6 Å². The van der Waals surface area contributed by atoms with Gasteiger partial charge in [-0.1, -0.05) is 48.6 Å². The molecule has 3 aliphatic carbocycles. The van der Waals surface area contributed by atoms with Crippen molar-refractivity contribution >= 4 is 0 Å². The van der Waals surface area contributed by atoms with Crippen LogP contribution in [0.15, 0.2) is 60.7 Å². The van der Waals surface area contributed by atoms with Crippen LogP contribution < -0.4 is 4.74 Å². The van der Waals surface area contributed by atoms with E-state index in [1.54, 1.807) is 7.11 Å². The Morgan fingerprint density at radius 1 is 0.931 bits per heavy atom. The number of hydrogen-bond donors (Lipinski definition) is 0. The minimum atomic E-state index is -1.07. The zero-order valence-electron chi connectivity index (χ0n) is 16.1. The van der Waals surface area contributed by atoms with E-state index in [0.717, 1.165) is 22.4 Å². The van der Waals surface area contributed by atoms with Gasteiger partial charge in [0.15, 0.2) is 0 Å². The molecule has 4 atom stereocenters. The topological polar surface area (TPSA) is 80.6 Å². The predicted octanol–water partition coefficient (Wildman–Crippen LogP) is 4.60. The van der Waals surface area contributed by atoms with Gasteiger partial charge in [-0.3, -0.25) is 0 Å². The molecule has 1 fully saturated rings. The number of allylic oxidation sites excluding steroid dienone is 2. The molecule has 0 aliphatic heterocycles. The molecule has 4 heteroatoms. The minimum absolute atomic E-state index is 0.00902. The lowest BCUT2D eigenvalue weighted by Gasteiger charge is -2.57. The van der Waals surface area contributed by atoms with Crippen LogP contribution in [0.3, 0.4) is 0 Å². The van der Waals surface area contributed by atoms with Gasteiger partial charge in [-0.05, 0) is 47.6 Å². The summed E-state index contributed by atoms with van der Waals surface area (Å²) in [5, 5.41) is 30.1. The van der Waals surface area contributed by atoms with E-state index in [2.05, 4.69) is 42.5 Å². The highest BCUT2D eigenvalue weighted by molar-refractivity contribution is 5.62. The van der Waals surface area contributed by atoms with Crippen molar-refractivity contribution in [3.63, 3.8) is 0 Å². The normalized spacial score (nSPS) is 32.3. The first-order valence-electron chi connectivity index (χ1n) is 9.76. The smallest absolute Gasteiger partial charge is 0.145 e. The first kappa shape index (κ1) is 17.5. The fraction of sp³-hybridized carbons (Fsp3) is 0.320. The highest BCUT2D eigenvalue weighted by atomic mass is 16.5. The Bertz CT molecular complexity index is 1150. The lowest BCUT2D eigenvalue weighted by molar-refractivity contribution is 0.131. The zero-order valence-corrected chi connectivity index (χ0v) is 16.1. The molecular weight excluding hydrogens is 358 g/mol. The number of benzene rings is 2. The molecule has 0 aromatic heterocycles. The lowest BCUT2D eigenvalue weighted by Crippen LogP contribution is -2.56. The zero-order chi connectivity index (χ0) is 20.3. The van der Waals surface area contributed by atoms with E-state index in [4.69, 9.17) is 4.74 Å². The van der Waals surface area contributed by atoms with E-state index in [9.17, 15) is 15.8 Å². The first-order chi connectivity index (χ1) is 14.1. The van der Waals surface area contributed by atoms with Crippen LogP contribution >= 0.6 is 0 Å². The second kappa shape index (κ2) is 5.73. The van der Waals surface area contributed by atoms with E-state index in [1.807, 2.05) is 36.4 Å². The summed E-state index contributed by atoms with van der Waals surface area (Å²) in [5.74, 6) is 0.819. The number of fused-ring (bicyclic) bond motifs is 2. The number of hydrogen-bond acceptors (Lipinski definition) is 4. The van der Waals surface area contributed by atoms with E-state index in [0.29, 0.717) is 12.8 Å². The predicted molar refractivity (Wildman–Crippen MR) is 107 cm³/mol. The number of methoxy groups -OCH3 is 1. The maximum Gasteiger partial charge on any atom is 0.145 e. The number of rotatable bonds is 2. The van der Waals surface area contributed by atoms with Crippen LogP contribution in [0.1, 0.15) is 35.4 Å². The average molecular weight is 377 g/mol. The van der Waals surface area contributed by atoms with Crippen molar-refractivity contribution in [3.8, 4) is 24.0 Å². The summed E-state index contributed by atoms with van der Waals surface area (Å²) in [4.78, 5) is 0. The van der Waals surface area contributed by atoms with Gasteiger partial charge in [0.2, 0.25) is 0 Å². The van der Waals surface area contributed by atoms with E-state index >= 15 is 0 Å². The van der Waals surface area contributed by atoms with Gasteiger partial charge in [0, 0.05) is 11.3 Å². The van der Waals surface area contributed by atoms with Gasteiger partial charge in [-0.15, -0.1) is 0 Å². The van der Waals surface area contributed by atoms with Crippen LogP contribution in [-0.2, 0) is 5.41 Å². The lowest BCUT2D eigenvalue weighted by atomic mass is 9.43. The molecule has 0 N–H and O–H groups in total. The highest BCUT2D eigenvalue weighted by Gasteiger charge is 2.71. The Balaban J connectivity index is 1.78. The molecule has 0 saturated heterocycles. The van der Waals surface area contributed by atoms with Crippen LogP contribution in [0.2, 0.25) is 0 Å². The van der Waals surface area contributed by atoms with E-state index in [-0.39, 0.29) is 11.8 Å². The average Bonchev–Trinajstić information content (AvgIpc) is 3.14. The summed E-state index contributed by atoms with van der Waals surface area (Å²) in [5.41, 5.74) is 0.925. The molecule has 5 rings (SSSR count). The Morgan fingerprint density at radius 2 is 1.66 bits per heavy atom. The summed E-state index contributed by atoms with van der Waals surface area (Å²) < 4.78 is 5.32. The summed E-state index contributed by atoms with van der Waals surface area (Å²) in [6.07, 6.45) is 4.96. The summed E-state index contributed by atoms with van der Waals surface area (Å²) >= 11 is 0. The fourth-order valence-electron chi connectivity index (χ4n) is 6.06. The van der Waals surface area contributed by atoms with Crippen molar-refractivity contribution in [2.75, 3.05) is 7.11 Å². The molecule has 0 radical (unpaired) electrons. The van der Waals surface area contributed by atoms with Crippen LogP contribution in [0, 0.1) is 50.7 Å². The largest absolute Gasteiger partial charge is 0.497 e. The standard InChI is InChI=1S/C25H19N3O/c1-29-18-8-6-17(7-9-18)22-19-4-2-3-5-20(19)25(16-28)11-10-24(25)13-23(14-26,15-27)12-21(22)24/h2-11,21-22H,12-13H2,1H3/t21-,22+,24+,25-/m1/s1. The summed E-state index contributed by atoms with van der Waals surface area (Å²) in [6.45, 7) is 0. The third kappa shape index (κ3) is 1.95. The van der Waals surface area contributed by atoms with Gasteiger partial charge in [0.25, 0.3) is 0 Å². The van der Waals surface area contributed by atoms with Crippen LogP contribution in [0.4, 0.5) is 0 Å². The molecule has 2 aromatic rings. The highest BCUT2D eigenvalue weighted by Crippen LogP contribution is 2.73. The second-order valence-corrected chi connectivity index (χ2v) is 8.42. The first-order valence-corrected chi connectivity index (χ1v) is 9.76. The number of ether oxygens (including phenoxy) is 1. The molecule has 2 aromatic carbocycles. The second-order valence-electron chi connectivity index (χ2n) is 8.42. The molecule has 0 unspecified atom stereocenters. The van der Waals surface area contributed by atoms with Gasteiger partial charge >= 0.3 is 0 Å². The molecule has 140 valence electrons. The van der Waals surface area contributed by atoms with Crippen molar-refractivity contribution < 1.29 is 4.74 Å². The third-order valence-electron chi connectivity index (χ3n) is 7.39. The fourth-order valence-corrected chi connectivity index (χ4v) is 6.06. The van der Waals surface area contributed by atoms with Crippen molar-refractivity contribution in [1.29, 1.82) is 15.8 Å². The number of nitrogens with zero attached hydrogens (tertiary/aromatic N) is 3. The van der Waals surface area contributed by atoms with Gasteiger partial charge in [0.05, 0.1) is 25.3 Å². The quantitative estimate of drug-likeness (QED) is 0.716. The molecule has 29 heavy (non-hydrogen) atoms. The molecule has 0 amide bonds. The Kier molecular flexibility index (Phi) is 3.46. The number of nitriles is 3. The van der Waals surface area contributed by atoms with Crippen LogP contribution in [0.5, 0.6) is 5.75 Å². The van der Waals surface area contributed by atoms with Crippen molar-refractivity contribution in [3.05, 3.63) is 77.4 Å². The minimum Gasteiger partial charge on any atom is -0.497 e. The molecular formula is C25H19N3O. The van der Waals surface area contributed by atoms with Crippen molar-refractivity contribution in [1.82, 2.24) is 0 Å². The van der Waals surface area contributed by atoms with Gasteiger partial charge in [-0.25, -0.2) is 0 Å². The molecule has 3 aliphatic rings. The van der Waals surface area contributed by atoms with E-state index < -0.39 is 16.2 Å². The molecule has 1 spiro atoms. The maximum atomic E-state index is 10.3. The summed E-state index contributed by atoms with van der Waals surface area (Å²) in [6, 6.07) is 23.3. The Hall–Kier alpha value is -3.55. The third-order valence-corrected chi connectivity index (χ3v) is 7.39. The maximum absolute atomic E-state index is 10.3.